The van der Waals surface area contributed by atoms with Crippen molar-refractivity contribution in [3.05, 3.63) is 65.0 Å². The maximum Gasteiger partial charge on any atom is 0.225 e. The minimum atomic E-state index is -0.422. The Morgan fingerprint density at radius 2 is 2.11 bits per heavy atom. The molecule has 1 atom stereocenters. The summed E-state index contributed by atoms with van der Waals surface area (Å²) in [6.45, 7) is 3.25. The second-order valence-corrected chi connectivity index (χ2v) is 6.70. The molecule has 1 aliphatic rings. The van der Waals surface area contributed by atoms with Crippen LogP contribution >= 0.6 is 0 Å². The maximum atomic E-state index is 13.5. The first-order valence-corrected chi connectivity index (χ1v) is 9.39. The monoisotopic (exact) mass is 384 g/mol. The molecular formula is C21H25FN4O2. The molecule has 0 radical (unpaired) electrons. The van der Waals surface area contributed by atoms with Crippen LogP contribution < -0.4 is 16.0 Å². The molecular weight excluding hydrogens is 359 g/mol. The Labute approximate surface area is 163 Å². The summed E-state index contributed by atoms with van der Waals surface area (Å²) >= 11 is 0. The smallest absolute Gasteiger partial charge is 0.225 e. The number of hydrogen-bond acceptors (Lipinski definition) is 3. The van der Waals surface area contributed by atoms with Crippen LogP contribution in [0.15, 0.2) is 47.5 Å². The van der Waals surface area contributed by atoms with Gasteiger partial charge in [0.15, 0.2) is 5.96 Å². The summed E-state index contributed by atoms with van der Waals surface area (Å²) in [6.07, 6.45) is 0.418. The van der Waals surface area contributed by atoms with Gasteiger partial charge in [-0.2, -0.15) is 0 Å². The summed E-state index contributed by atoms with van der Waals surface area (Å²) in [5, 5.41) is 18.6. The third kappa shape index (κ3) is 4.86. The van der Waals surface area contributed by atoms with Gasteiger partial charge in [-0.1, -0.05) is 24.3 Å². The quantitative estimate of drug-likeness (QED) is 0.455. The molecule has 6 nitrogen and oxygen atoms in total. The molecule has 3 rings (SSSR count). The molecule has 1 heterocycles. The van der Waals surface area contributed by atoms with Crippen LogP contribution in [0.4, 0.5) is 10.1 Å². The molecule has 1 aliphatic heterocycles. The van der Waals surface area contributed by atoms with Gasteiger partial charge in [0.2, 0.25) is 5.91 Å². The van der Waals surface area contributed by atoms with E-state index in [1.54, 1.807) is 12.1 Å². The average Bonchev–Trinajstić information content (AvgIpc) is 2.70. The lowest BCUT2D eigenvalue weighted by Gasteiger charge is -2.26. The molecule has 1 unspecified atom stereocenters. The van der Waals surface area contributed by atoms with Crippen LogP contribution in [0.3, 0.4) is 0 Å². The van der Waals surface area contributed by atoms with Gasteiger partial charge in [-0.3, -0.25) is 4.79 Å². The molecule has 148 valence electrons. The predicted octanol–water partition coefficient (Wildman–Crippen LogP) is 2.50. The average molecular weight is 384 g/mol. The van der Waals surface area contributed by atoms with E-state index in [9.17, 15) is 14.3 Å². The number of hydrogen-bond donors (Lipinski definition) is 4. The van der Waals surface area contributed by atoms with Crippen LogP contribution in [0.2, 0.25) is 0 Å². The number of rotatable bonds is 6. The van der Waals surface area contributed by atoms with E-state index in [1.807, 2.05) is 31.2 Å². The molecule has 4 N–H and O–H groups in total. The topological polar surface area (TPSA) is 85.8 Å². The number of carbonyl (C=O) groups is 1. The highest BCUT2D eigenvalue weighted by Crippen LogP contribution is 2.31. The number of aliphatic hydroxyl groups excluding tert-OH is 1. The summed E-state index contributed by atoms with van der Waals surface area (Å²) in [7, 11) is 0. The van der Waals surface area contributed by atoms with Crippen LogP contribution in [0, 0.1) is 5.82 Å². The summed E-state index contributed by atoms with van der Waals surface area (Å²) in [5.41, 5.74) is 3.03. The molecule has 2 aromatic carbocycles. The van der Waals surface area contributed by atoms with Gasteiger partial charge in [-0.25, -0.2) is 9.38 Å². The van der Waals surface area contributed by atoms with E-state index in [1.165, 1.54) is 6.07 Å². The normalized spacial score (nSPS) is 16.3. The molecule has 0 bridgehead atoms. The number of nitrogens with zero attached hydrogens (tertiary/aromatic N) is 1. The zero-order valence-corrected chi connectivity index (χ0v) is 15.8. The Morgan fingerprint density at radius 3 is 2.89 bits per heavy atom. The van der Waals surface area contributed by atoms with E-state index in [2.05, 4.69) is 20.9 Å². The van der Waals surface area contributed by atoms with Gasteiger partial charge >= 0.3 is 0 Å². The summed E-state index contributed by atoms with van der Waals surface area (Å²) in [4.78, 5) is 16.5. The molecule has 0 fully saturated rings. The van der Waals surface area contributed by atoms with Gasteiger partial charge in [0.25, 0.3) is 0 Å². The number of guanidine groups is 1. The zero-order chi connectivity index (χ0) is 19.9. The molecule has 7 heteroatoms. The number of fused-ring (bicyclic) bond motifs is 1. The highest BCUT2D eigenvalue weighted by atomic mass is 19.1. The van der Waals surface area contributed by atoms with Crippen molar-refractivity contribution in [2.75, 3.05) is 18.4 Å². The Kier molecular flexibility index (Phi) is 6.60. The van der Waals surface area contributed by atoms with Crippen LogP contribution in [0.5, 0.6) is 0 Å². The number of aliphatic hydroxyl groups is 1. The van der Waals surface area contributed by atoms with Gasteiger partial charge in [0.1, 0.15) is 5.82 Å². The van der Waals surface area contributed by atoms with Crippen molar-refractivity contribution in [2.45, 2.75) is 32.4 Å². The van der Waals surface area contributed by atoms with Crippen LogP contribution in [0.25, 0.3) is 0 Å². The van der Waals surface area contributed by atoms with Crippen molar-refractivity contribution in [3.63, 3.8) is 0 Å². The first-order valence-electron chi connectivity index (χ1n) is 9.39. The maximum absolute atomic E-state index is 13.5. The molecule has 0 saturated carbocycles. The standard InChI is InChI=1S/C21H25FN4O2/c1-2-23-21(24-11-14-7-8-18(22)16(9-14)13-27)25-12-15-10-20(28)26-19-6-4-3-5-17(15)19/h3-9,15,27H,2,10-13H2,1H3,(H,26,28)(H2,23,24,25). The SMILES string of the molecule is CCNC(=NCc1ccc(F)c(CO)c1)NCC1CC(=O)Nc2ccccc21. The zero-order valence-electron chi connectivity index (χ0n) is 15.8. The molecule has 2 aromatic rings. The van der Waals surface area contributed by atoms with Crippen LogP contribution in [-0.2, 0) is 17.9 Å². The summed E-state index contributed by atoms with van der Waals surface area (Å²) in [6, 6.07) is 12.4. The van der Waals surface area contributed by atoms with E-state index in [0.29, 0.717) is 32.0 Å². The largest absolute Gasteiger partial charge is 0.392 e. The van der Waals surface area contributed by atoms with Crippen molar-refractivity contribution < 1.29 is 14.3 Å². The van der Waals surface area contributed by atoms with Gasteiger partial charge in [0, 0.05) is 36.7 Å². The molecule has 28 heavy (non-hydrogen) atoms. The summed E-state index contributed by atoms with van der Waals surface area (Å²) < 4.78 is 13.5. The first-order chi connectivity index (χ1) is 13.6. The number of nitrogens with one attached hydrogen (secondary N) is 3. The number of amides is 1. The number of aliphatic imine (C=N–C) groups is 1. The fraction of sp³-hybridized carbons (Fsp3) is 0.333. The third-order valence-corrected chi connectivity index (χ3v) is 4.67. The van der Waals surface area contributed by atoms with E-state index in [-0.39, 0.29) is 24.0 Å². The fourth-order valence-corrected chi connectivity index (χ4v) is 3.26. The highest BCUT2D eigenvalue weighted by Gasteiger charge is 2.24. The Morgan fingerprint density at radius 1 is 1.29 bits per heavy atom. The first kappa shape index (κ1) is 19.8. The second-order valence-electron chi connectivity index (χ2n) is 6.70. The fourth-order valence-electron chi connectivity index (χ4n) is 3.26. The van der Waals surface area contributed by atoms with Crippen LogP contribution in [-0.4, -0.2) is 30.1 Å². The van der Waals surface area contributed by atoms with Crippen molar-refractivity contribution in [1.82, 2.24) is 10.6 Å². The Bertz CT molecular complexity index is 869. The van der Waals surface area contributed by atoms with Crippen molar-refractivity contribution >= 4 is 17.6 Å². The van der Waals surface area contributed by atoms with E-state index >= 15 is 0 Å². The predicted molar refractivity (Wildman–Crippen MR) is 108 cm³/mol. The van der Waals surface area contributed by atoms with Gasteiger partial charge in [-0.05, 0) is 36.2 Å². The van der Waals surface area contributed by atoms with E-state index < -0.39 is 5.82 Å². The lowest BCUT2D eigenvalue weighted by molar-refractivity contribution is -0.116. The number of halogens is 1. The number of benzene rings is 2. The van der Waals surface area contributed by atoms with Gasteiger partial charge in [-0.15, -0.1) is 0 Å². The van der Waals surface area contributed by atoms with E-state index in [0.717, 1.165) is 16.8 Å². The van der Waals surface area contributed by atoms with Gasteiger partial charge in [0.05, 0.1) is 13.2 Å². The van der Waals surface area contributed by atoms with Crippen LogP contribution in [0.1, 0.15) is 36.0 Å². The van der Waals surface area contributed by atoms with Crippen molar-refractivity contribution in [1.29, 1.82) is 0 Å². The lowest BCUT2D eigenvalue weighted by atomic mass is 9.90. The minimum absolute atomic E-state index is 0.00952. The molecule has 0 saturated heterocycles. The Balaban J connectivity index is 1.68. The number of anilines is 1. The van der Waals surface area contributed by atoms with Crippen molar-refractivity contribution in [3.8, 4) is 0 Å². The molecule has 0 aliphatic carbocycles. The molecule has 1 amide bonds. The number of para-hydroxylation sites is 1. The van der Waals surface area contributed by atoms with Crippen molar-refractivity contribution in [2.24, 2.45) is 4.99 Å². The van der Waals surface area contributed by atoms with Gasteiger partial charge < -0.3 is 21.1 Å². The minimum Gasteiger partial charge on any atom is -0.392 e. The second kappa shape index (κ2) is 9.32. The highest BCUT2D eigenvalue weighted by molar-refractivity contribution is 5.94. The Hall–Kier alpha value is -2.93. The third-order valence-electron chi connectivity index (χ3n) is 4.67. The number of carbonyl (C=O) groups excluding carboxylic acids is 1. The van der Waals surface area contributed by atoms with E-state index in [4.69, 9.17) is 0 Å². The lowest BCUT2D eigenvalue weighted by Crippen LogP contribution is -2.40. The summed E-state index contributed by atoms with van der Waals surface area (Å²) in [5.74, 6) is 0.270. The molecule has 0 aromatic heterocycles. The molecule has 0 spiro atoms.